The van der Waals surface area contributed by atoms with Crippen LogP contribution in [-0.2, 0) is 15.3 Å². The van der Waals surface area contributed by atoms with Crippen molar-refractivity contribution in [3.63, 3.8) is 0 Å². The van der Waals surface area contributed by atoms with Crippen LogP contribution in [0.3, 0.4) is 0 Å². The van der Waals surface area contributed by atoms with Gasteiger partial charge in [0.05, 0.1) is 97.4 Å². The van der Waals surface area contributed by atoms with Crippen LogP contribution >= 0.6 is 0 Å². The van der Waals surface area contributed by atoms with Gasteiger partial charge in [-0.25, -0.2) is 28.0 Å². The smallest absolute Gasteiger partial charge is 0.411 e. The Balaban J connectivity index is 1.02. The molecule has 16 nitrogen and oxygen atoms in total. The molecule has 0 aliphatic carbocycles. The number of alkyl halides is 6. The number of nitrogens with zero attached hydrogens (tertiary/aromatic N) is 9. The van der Waals surface area contributed by atoms with Crippen LogP contribution in [-0.4, -0.2) is 210 Å². The number of halogens is 6. The molecule has 12 rings (SSSR count). The average molecular weight is 1200 g/mol. The van der Waals surface area contributed by atoms with Gasteiger partial charge < -0.3 is 38.9 Å². The molecule has 6 atom stereocenters. The van der Waals surface area contributed by atoms with Gasteiger partial charge in [0.25, 0.3) is 0 Å². The predicted octanol–water partition coefficient (Wildman–Crippen LogP) is 4.10. The van der Waals surface area contributed by atoms with Crippen molar-refractivity contribution in [1.82, 2.24) is 19.6 Å². The molecule has 7 saturated heterocycles. The molecule has 0 aromatic heterocycles. The highest BCUT2D eigenvalue weighted by Crippen LogP contribution is 2.60. The van der Waals surface area contributed by atoms with E-state index >= 15 is 34.8 Å². The summed E-state index contributed by atoms with van der Waals surface area (Å²) in [4.78, 5) is 20.8. The number of aryl methyl sites for hydroxylation is 1. The fourth-order valence-electron chi connectivity index (χ4n) is 15.7. The molecule has 84 heavy (non-hydrogen) atoms. The quantitative estimate of drug-likeness (QED) is 0.149. The third-order valence-corrected chi connectivity index (χ3v) is 21.2. The van der Waals surface area contributed by atoms with E-state index in [0.29, 0.717) is 64.3 Å². The topological polar surface area (TPSA) is 94.8 Å². The Labute approximate surface area is 490 Å². The standard InChI is InChI=1S/C61H81F6N12O4S/c1-43-15-19-47(42-49(43)76-35-11-31-72-27-7-23-68(2)55(72)76)84(80,81)54-22-18-46(41-52(54)79-38-14-34-75-30-10-26-71(5)58(75)79)83-53-21-16-44(39-51(53)78-37-13-33-74-29-9-25-70(4)57(74)78)59(60(62,63)64,61(65,66)67)48-20-17-45(82-6)40-50(48)77-36-12-32-73-28-8-24-69(3)56(73)77/h15-22,39-42,55-57H,7-14,23-38H2,1-6H3/q+1/p+3. The first kappa shape index (κ1) is 58.8. The maximum atomic E-state index is 16.9. The van der Waals surface area contributed by atoms with Crippen molar-refractivity contribution in [3.05, 3.63) is 89.5 Å². The molecular weight excluding hydrogens is 1110 g/mol. The second-order valence-electron chi connectivity index (χ2n) is 24.8. The number of sulfone groups is 1. The van der Waals surface area contributed by atoms with Gasteiger partial charge in [-0.2, -0.15) is 26.3 Å². The summed E-state index contributed by atoms with van der Waals surface area (Å²) in [5, 5.41) is 0. The number of quaternary nitrogens is 3. The first-order valence-corrected chi connectivity index (χ1v) is 31.9. The molecule has 0 radical (unpaired) electrons. The number of benzene rings is 4. The molecule has 7 fully saturated rings. The van der Waals surface area contributed by atoms with Crippen LogP contribution < -0.4 is 43.8 Å². The molecule has 8 heterocycles. The maximum absolute atomic E-state index is 16.9. The Morgan fingerprint density at radius 2 is 1.07 bits per heavy atom. The van der Waals surface area contributed by atoms with Crippen molar-refractivity contribution in [1.29, 1.82) is 0 Å². The highest BCUT2D eigenvalue weighted by Gasteiger charge is 2.74. The Bertz CT molecular complexity index is 3220. The van der Waals surface area contributed by atoms with Gasteiger partial charge in [-0.1, -0.05) is 18.2 Å². The summed E-state index contributed by atoms with van der Waals surface area (Å²) in [5.41, 5.74) is -4.33. The minimum Gasteiger partial charge on any atom is -0.497 e. The van der Waals surface area contributed by atoms with Gasteiger partial charge in [0, 0.05) is 114 Å². The summed E-state index contributed by atoms with van der Waals surface area (Å²) in [7, 11) is 5.24. The highest BCUT2D eigenvalue weighted by molar-refractivity contribution is 7.91. The summed E-state index contributed by atoms with van der Waals surface area (Å²) in [6, 6.07) is 17.0. The third-order valence-electron chi connectivity index (χ3n) is 19.4. The van der Waals surface area contributed by atoms with Crippen molar-refractivity contribution < 1.29 is 63.5 Å². The van der Waals surface area contributed by atoms with Crippen molar-refractivity contribution in [2.24, 2.45) is 0 Å². The lowest BCUT2D eigenvalue weighted by Crippen LogP contribution is -3.18. The molecule has 3 N–H and O–H groups in total. The zero-order valence-electron chi connectivity index (χ0n) is 49.5. The van der Waals surface area contributed by atoms with E-state index in [4.69, 9.17) is 9.47 Å². The number of anilines is 4. The SMILES string of the molecule is COc1ccc(C(c2ccc(Oc3ccc(S(=O)(=O)c4ccc(C)c(N5CCCN6CCC[NH+](C)C65)c4)c(N4CCCN5CCC[N+](C)=C54)c3)c(N3CCCN4CCC[NH+](C)C43)c2)(C(F)(F)F)C(F)(F)F)c(N2CCCN3CCC[NH+](C)C32)c1. The zero-order valence-corrected chi connectivity index (χ0v) is 50.3. The number of nitrogens with one attached hydrogen (secondary N) is 3. The van der Waals surface area contributed by atoms with Crippen LogP contribution in [0.25, 0.3) is 0 Å². The Morgan fingerprint density at radius 1 is 0.548 bits per heavy atom. The second-order valence-corrected chi connectivity index (χ2v) is 26.7. The summed E-state index contributed by atoms with van der Waals surface area (Å²) in [5.74, 6) is 1.22. The summed E-state index contributed by atoms with van der Waals surface area (Å²) in [6.07, 6.45) is -6.08. The third kappa shape index (κ3) is 10.2. The van der Waals surface area contributed by atoms with E-state index in [-0.39, 0.29) is 51.2 Å². The number of methoxy groups -OCH3 is 1. The molecule has 4 aromatic rings. The maximum Gasteiger partial charge on any atom is 0.411 e. The molecular formula is C61H84F6N12O4S+4. The molecule has 8 aliphatic heterocycles. The van der Waals surface area contributed by atoms with Crippen molar-refractivity contribution >= 4 is 38.5 Å². The van der Waals surface area contributed by atoms with Crippen LogP contribution in [0.4, 0.5) is 49.1 Å². The first-order chi connectivity index (χ1) is 40.2. The molecule has 4 aromatic carbocycles. The first-order valence-electron chi connectivity index (χ1n) is 30.4. The van der Waals surface area contributed by atoms with E-state index in [2.05, 4.69) is 36.1 Å². The predicted molar refractivity (Wildman–Crippen MR) is 311 cm³/mol. The lowest BCUT2D eigenvalue weighted by atomic mass is 9.71. The van der Waals surface area contributed by atoms with Gasteiger partial charge in [-0.05, 0) is 79.8 Å². The number of fused-ring (bicyclic) bond motifs is 4. The van der Waals surface area contributed by atoms with Gasteiger partial charge >= 0.3 is 18.3 Å². The fraction of sp³-hybridized carbons (Fsp3) is 0.590. The van der Waals surface area contributed by atoms with Crippen molar-refractivity contribution in [2.45, 2.75) is 105 Å². The molecule has 0 amide bonds. The van der Waals surface area contributed by atoms with Gasteiger partial charge in [-0.3, -0.25) is 9.48 Å². The minimum absolute atomic E-state index is 0.0455. The number of hydrogen-bond donors (Lipinski definition) is 3. The van der Waals surface area contributed by atoms with E-state index in [1.54, 1.807) is 29.2 Å². The van der Waals surface area contributed by atoms with Crippen LogP contribution in [0, 0.1) is 6.92 Å². The van der Waals surface area contributed by atoms with E-state index in [1.165, 1.54) is 30.2 Å². The normalized spacial score (nSPS) is 26.2. The monoisotopic (exact) mass is 1190 g/mol. The Morgan fingerprint density at radius 3 is 1.65 bits per heavy atom. The molecule has 0 spiro atoms. The van der Waals surface area contributed by atoms with E-state index in [0.717, 1.165) is 136 Å². The molecule has 8 aliphatic rings. The lowest BCUT2D eigenvalue weighted by molar-refractivity contribution is -0.925. The lowest BCUT2D eigenvalue weighted by Gasteiger charge is -2.50. The van der Waals surface area contributed by atoms with Crippen LogP contribution in [0.1, 0.15) is 68.1 Å². The van der Waals surface area contributed by atoms with Crippen LogP contribution in [0.5, 0.6) is 17.2 Å². The van der Waals surface area contributed by atoms with Gasteiger partial charge in [-0.15, -0.1) is 0 Å². The second kappa shape index (κ2) is 22.9. The number of guanidine groups is 1. The summed E-state index contributed by atoms with van der Waals surface area (Å²) < 4.78 is 147. The van der Waals surface area contributed by atoms with E-state index in [1.807, 2.05) is 50.0 Å². The average Bonchev–Trinajstić information content (AvgIpc) is 0.789. The largest absolute Gasteiger partial charge is 0.497 e. The Kier molecular flexibility index (Phi) is 16.1. The summed E-state index contributed by atoms with van der Waals surface area (Å²) in [6.45, 7) is 13.4. The number of ether oxygens (including phenoxy) is 2. The number of rotatable bonds is 11. The van der Waals surface area contributed by atoms with E-state index in [9.17, 15) is 0 Å². The van der Waals surface area contributed by atoms with Gasteiger partial charge in [0.1, 0.15) is 22.1 Å². The van der Waals surface area contributed by atoms with Crippen molar-refractivity contribution in [3.8, 4) is 17.2 Å². The minimum atomic E-state index is -5.90. The molecule has 6 unspecified atom stereocenters. The zero-order chi connectivity index (χ0) is 59.0. The number of hydrogen-bond acceptors (Lipinski definition) is 12. The molecule has 0 bridgehead atoms. The van der Waals surface area contributed by atoms with E-state index < -0.39 is 51.3 Å². The molecule has 456 valence electrons. The van der Waals surface area contributed by atoms with Gasteiger partial charge in [0.2, 0.25) is 34.1 Å². The molecule has 23 heteroatoms. The summed E-state index contributed by atoms with van der Waals surface area (Å²) >= 11 is 0. The van der Waals surface area contributed by atoms with Gasteiger partial charge in [0.15, 0.2) is 5.75 Å². The molecule has 0 saturated carbocycles. The van der Waals surface area contributed by atoms with Crippen LogP contribution in [0.2, 0.25) is 0 Å². The Hall–Kier alpha value is -5.56. The fourth-order valence-corrected chi connectivity index (χ4v) is 17.2. The highest BCUT2D eigenvalue weighted by atomic mass is 32.2. The van der Waals surface area contributed by atoms with Crippen LogP contribution in [0.15, 0.2) is 82.6 Å². The van der Waals surface area contributed by atoms with Crippen molar-refractivity contribution in [2.75, 3.05) is 160 Å².